The maximum Gasteiger partial charge on any atom is 0.573 e. The molecule has 0 spiro atoms. The fourth-order valence-corrected chi connectivity index (χ4v) is 1.38. The van der Waals surface area contributed by atoms with Gasteiger partial charge in [0.15, 0.2) is 0 Å². The van der Waals surface area contributed by atoms with Gasteiger partial charge in [-0.25, -0.2) is 0 Å². The van der Waals surface area contributed by atoms with Crippen LogP contribution < -0.4 is 4.74 Å². The Bertz CT molecular complexity index is 518. The summed E-state index contributed by atoms with van der Waals surface area (Å²) in [5.41, 5.74) is -2.09. The molecule has 0 saturated carbocycles. The van der Waals surface area contributed by atoms with Gasteiger partial charge in [0.2, 0.25) is 5.75 Å². The smallest absolute Gasteiger partial charge is 0.397 e. The van der Waals surface area contributed by atoms with Crippen LogP contribution in [0.5, 0.6) is 5.75 Å². The van der Waals surface area contributed by atoms with Gasteiger partial charge in [-0.2, -0.15) is 0 Å². The summed E-state index contributed by atoms with van der Waals surface area (Å²) in [5, 5.41) is 9.23. The van der Waals surface area contributed by atoms with Gasteiger partial charge in [0, 0.05) is 0 Å². The molecule has 1 aromatic heterocycles. The van der Waals surface area contributed by atoms with E-state index in [1.165, 1.54) is 6.92 Å². The van der Waals surface area contributed by atoms with Gasteiger partial charge >= 0.3 is 12.0 Å². The van der Waals surface area contributed by atoms with Crippen LogP contribution in [0.4, 0.5) is 18.9 Å². The maximum atomic E-state index is 12.1. The first-order valence-electron chi connectivity index (χ1n) is 4.23. The van der Waals surface area contributed by atoms with Crippen LogP contribution in [-0.2, 0) is 0 Å². The highest BCUT2D eigenvalue weighted by Crippen LogP contribution is 2.36. The lowest BCUT2D eigenvalue weighted by Crippen LogP contribution is -2.20. The van der Waals surface area contributed by atoms with E-state index < -0.39 is 33.5 Å². The third-order valence-corrected chi connectivity index (χ3v) is 2.00. The topological polar surface area (TPSA) is 82.3 Å². The highest BCUT2D eigenvalue weighted by molar-refractivity contribution is 6.68. The largest absolute Gasteiger partial charge is 0.573 e. The molecule has 0 atom stereocenters. The highest BCUT2D eigenvalue weighted by Gasteiger charge is 2.38. The van der Waals surface area contributed by atoms with Gasteiger partial charge in [-0.3, -0.25) is 19.9 Å². The fraction of sp³-hybridized carbons (Fsp3) is 0.250. The molecule has 0 radical (unpaired) electrons. The van der Waals surface area contributed by atoms with Crippen molar-refractivity contribution in [2.45, 2.75) is 13.3 Å². The molecule has 1 aromatic rings. The minimum absolute atomic E-state index is 0.208. The zero-order valence-electron chi connectivity index (χ0n) is 8.62. The Hall–Kier alpha value is -1.90. The van der Waals surface area contributed by atoms with Crippen LogP contribution in [0.25, 0.3) is 0 Å². The number of rotatable bonds is 3. The minimum Gasteiger partial charge on any atom is -0.397 e. The van der Waals surface area contributed by atoms with E-state index in [0.717, 1.165) is 0 Å². The molecule has 0 unspecified atom stereocenters. The van der Waals surface area contributed by atoms with E-state index in [1.54, 1.807) is 0 Å². The summed E-state index contributed by atoms with van der Waals surface area (Å²) in [6.45, 7) is 1.17. The molecule has 0 aliphatic heterocycles. The van der Waals surface area contributed by atoms with E-state index in [-0.39, 0.29) is 5.69 Å². The Labute approximate surface area is 102 Å². The standard InChI is InChI=1S/C8H4ClF3N2O4/c1-3-5(7(9)15)6(18-8(10,11)12)4(2-13-3)14(16)17/h2H,1H3. The summed E-state index contributed by atoms with van der Waals surface area (Å²) in [6, 6.07) is 0. The SMILES string of the molecule is Cc1ncc([N+](=O)[O-])c(OC(F)(F)F)c1C(=O)Cl. The van der Waals surface area contributed by atoms with Gasteiger partial charge in [0.1, 0.15) is 11.8 Å². The summed E-state index contributed by atoms with van der Waals surface area (Å²) in [4.78, 5) is 23.8. The van der Waals surface area contributed by atoms with Crippen molar-refractivity contribution in [1.82, 2.24) is 4.98 Å². The van der Waals surface area contributed by atoms with E-state index in [2.05, 4.69) is 9.72 Å². The second-order valence-corrected chi connectivity index (χ2v) is 3.35. The lowest BCUT2D eigenvalue weighted by molar-refractivity contribution is -0.389. The third-order valence-electron chi connectivity index (χ3n) is 1.81. The Kier molecular flexibility index (Phi) is 3.75. The van der Waals surface area contributed by atoms with Gasteiger partial charge in [-0.15, -0.1) is 13.2 Å². The summed E-state index contributed by atoms with van der Waals surface area (Å²) in [7, 11) is 0. The molecular weight excluding hydrogens is 281 g/mol. The van der Waals surface area contributed by atoms with Gasteiger partial charge < -0.3 is 4.74 Å². The van der Waals surface area contributed by atoms with Crippen LogP contribution in [0.2, 0.25) is 0 Å². The molecular formula is C8H4ClF3N2O4. The van der Waals surface area contributed by atoms with Crippen LogP contribution >= 0.6 is 11.6 Å². The molecule has 18 heavy (non-hydrogen) atoms. The van der Waals surface area contributed by atoms with Crippen LogP contribution in [0, 0.1) is 17.0 Å². The second-order valence-electron chi connectivity index (χ2n) is 3.01. The molecule has 0 N–H and O–H groups in total. The first-order chi connectivity index (χ1) is 8.13. The number of hydrogen-bond donors (Lipinski definition) is 0. The number of aryl methyl sites for hydroxylation is 1. The van der Waals surface area contributed by atoms with Crippen LogP contribution in [-0.4, -0.2) is 21.5 Å². The Morgan fingerprint density at radius 2 is 2.11 bits per heavy atom. The Morgan fingerprint density at radius 1 is 1.56 bits per heavy atom. The van der Waals surface area contributed by atoms with Crippen molar-refractivity contribution >= 4 is 22.5 Å². The fourth-order valence-electron chi connectivity index (χ4n) is 1.15. The van der Waals surface area contributed by atoms with Crippen molar-refractivity contribution in [1.29, 1.82) is 0 Å². The van der Waals surface area contributed by atoms with E-state index >= 15 is 0 Å². The lowest BCUT2D eigenvalue weighted by atomic mass is 10.2. The monoisotopic (exact) mass is 284 g/mol. The molecule has 0 fully saturated rings. The van der Waals surface area contributed by atoms with E-state index in [0.29, 0.717) is 6.20 Å². The zero-order valence-corrected chi connectivity index (χ0v) is 9.37. The number of nitrogens with zero attached hydrogens (tertiary/aromatic N) is 2. The van der Waals surface area contributed by atoms with E-state index in [1.807, 2.05) is 0 Å². The average molecular weight is 285 g/mol. The number of halogens is 4. The molecule has 98 valence electrons. The number of aromatic nitrogens is 1. The molecule has 0 amide bonds. The maximum absolute atomic E-state index is 12.1. The second kappa shape index (κ2) is 4.77. The molecule has 1 rings (SSSR count). The number of carbonyl (C=O) groups is 1. The molecule has 0 aliphatic rings. The van der Waals surface area contributed by atoms with Gasteiger partial charge in [0.25, 0.3) is 5.24 Å². The minimum atomic E-state index is -5.19. The van der Waals surface area contributed by atoms with Crippen LogP contribution in [0.1, 0.15) is 16.1 Å². The average Bonchev–Trinajstić information content (AvgIpc) is 2.13. The Morgan fingerprint density at radius 3 is 2.50 bits per heavy atom. The van der Waals surface area contributed by atoms with Gasteiger partial charge in [-0.1, -0.05) is 0 Å². The predicted molar refractivity (Wildman–Crippen MR) is 52.5 cm³/mol. The van der Waals surface area contributed by atoms with Gasteiger partial charge in [0.05, 0.1) is 10.6 Å². The van der Waals surface area contributed by atoms with Crippen molar-refractivity contribution < 1.29 is 27.6 Å². The first kappa shape index (κ1) is 14.2. The quantitative estimate of drug-likeness (QED) is 0.484. The van der Waals surface area contributed by atoms with Crippen LogP contribution in [0.3, 0.4) is 0 Å². The van der Waals surface area contributed by atoms with Gasteiger partial charge in [-0.05, 0) is 18.5 Å². The number of ether oxygens (including phenoxy) is 1. The summed E-state index contributed by atoms with van der Waals surface area (Å²) < 4.78 is 39.9. The zero-order chi connectivity index (χ0) is 14.1. The van der Waals surface area contributed by atoms with Crippen molar-refractivity contribution in [3.63, 3.8) is 0 Å². The molecule has 10 heteroatoms. The predicted octanol–water partition coefficient (Wildman–Crippen LogP) is 2.58. The molecule has 0 bridgehead atoms. The number of pyridine rings is 1. The number of carbonyl (C=O) groups excluding carboxylic acids is 1. The summed E-state index contributed by atoms with van der Waals surface area (Å²) >= 11 is 5.07. The molecule has 1 heterocycles. The van der Waals surface area contributed by atoms with Crippen LogP contribution in [0.15, 0.2) is 6.20 Å². The number of alkyl halides is 3. The van der Waals surface area contributed by atoms with Crippen molar-refractivity contribution in [3.05, 3.63) is 27.6 Å². The Balaban J connectivity index is 3.53. The highest BCUT2D eigenvalue weighted by atomic mass is 35.5. The van der Waals surface area contributed by atoms with E-state index in [4.69, 9.17) is 11.6 Å². The number of nitro groups is 1. The summed E-state index contributed by atoms with van der Waals surface area (Å²) in [5.74, 6) is -1.26. The lowest BCUT2D eigenvalue weighted by Gasteiger charge is -2.12. The molecule has 0 aliphatic carbocycles. The molecule has 6 nitrogen and oxygen atoms in total. The molecule has 0 saturated heterocycles. The summed E-state index contributed by atoms with van der Waals surface area (Å²) in [6.07, 6.45) is -4.64. The number of hydrogen-bond acceptors (Lipinski definition) is 5. The normalized spacial score (nSPS) is 11.2. The third kappa shape index (κ3) is 3.06. The van der Waals surface area contributed by atoms with Crippen molar-refractivity contribution in [3.8, 4) is 5.75 Å². The molecule has 0 aromatic carbocycles. The van der Waals surface area contributed by atoms with E-state index in [9.17, 15) is 28.1 Å². The van der Waals surface area contributed by atoms with Crippen molar-refractivity contribution in [2.75, 3.05) is 0 Å². The van der Waals surface area contributed by atoms with Crippen molar-refractivity contribution in [2.24, 2.45) is 0 Å². The first-order valence-corrected chi connectivity index (χ1v) is 4.61.